The van der Waals surface area contributed by atoms with Crippen LogP contribution < -0.4 is 0 Å². The number of carbonyl (C=O) groups is 1. The predicted octanol–water partition coefficient (Wildman–Crippen LogP) is 4.18. The van der Waals surface area contributed by atoms with Crippen LogP contribution in [0.25, 0.3) is 0 Å². The minimum absolute atomic E-state index is 0.0180. The van der Waals surface area contributed by atoms with Gasteiger partial charge in [-0.3, -0.25) is 4.79 Å². The molecule has 112 valence electrons. The lowest BCUT2D eigenvalue weighted by Crippen LogP contribution is -2.49. The minimum atomic E-state index is -0.285. The van der Waals surface area contributed by atoms with Gasteiger partial charge in [0.05, 0.1) is 5.92 Å². The van der Waals surface area contributed by atoms with Crippen LogP contribution in [-0.4, -0.2) is 11.6 Å². The standard InChI is InChI=1S/C18H28O2/c1-11(2)15(19)20-16(3,4)17-7-12-5-13-6-14(9-17)18(13,8-12)10-17/h11-14H,5-10H2,1-4H3. The van der Waals surface area contributed by atoms with Crippen molar-refractivity contribution in [3.8, 4) is 0 Å². The highest BCUT2D eigenvalue weighted by Crippen LogP contribution is 2.80. The molecule has 0 saturated heterocycles. The molecule has 4 aliphatic carbocycles. The van der Waals surface area contributed by atoms with Gasteiger partial charge in [-0.2, -0.15) is 0 Å². The summed E-state index contributed by atoms with van der Waals surface area (Å²) in [6, 6.07) is 0. The summed E-state index contributed by atoms with van der Waals surface area (Å²) in [7, 11) is 0. The Kier molecular flexibility index (Phi) is 2.38. The van der Waals surface area contributed by atoms with E-state index in [0.717, 1.165) is 17.8 Å². The molecular weight excluding hydrogens is 248 g/mol. The monoisotopic (exact) mass is 276 g/mol. The van der Waals surface area contributed by atoms with Crippen LogP contribution >= 0.6 is 0 Å². The lowest BCUT2D eigenvalue weighted by atomic mass is 9.55. The van der Waals surface area contributed by atoms with Gasteiger partial charge < -0.3 is 4.74 Å². The summed E-state index contributed by atoms with van der Waals surface area (Å²) in [4.78, 5) is 12.1. The van der Waals surface area contributed by atoms with Gasteiger partial charge in [-0.25, -0.2) is 0 Å². The van der Waals surface area contributed by atoms with Crippen LogP contribution in [0.5, 0.6) is 0 Å². The molecule has 0 aromatic rings. The molecule has 2 nitrogen and oxygen atoms in total. The molecule has 4 fully saturated rings. The maximum absolute atomic E-state index is 12.1. The van der Waals surface area contributed by atoms with E-state index in [0.29, 0.717) is 5.41 Å². The third kappa shape index (κ3) is 1.39. The van der Waals surface area contributed by atoms with Crippen LogP contribution in [0.1, 0.15) is 66.2 Å². The van der Waals surface area contributed by atoms with Crippen molar-refractivity contribution in [3.63, 3.8) is 0 Å². The Morgan fingerprint density at radius 3 is 2.60 bits per heavy atom. The molecule has 0 heterocycles. The smallest absolute Gasteiger partial charge is 0.308 e. The van der Waals surface area contributed by atoms with Crippen LogP contribution in [0.15, 0.2) is 0 Å². The quantitative estimate of drug-likeness (QED) is 0.723. The number of hydrogen-bond acceptors (Lipinski definition) is 2. The Hall–Kier alpha value is -0.530. The van der Waals surface area contributed by atoms with Crippen LogP contribution in [0.3, 0.4) is 0 Å². The van der Waals surface area contributed by atoms with Crippen LogP contribution in [0.4, 0.5) is 0 Å². The van der Waals surface area contributed by atoms with Gasteiger partial charge in [-0.05, 0) is 75.5 Å². The molecule has 4 rings (SSSR count). The molecule has 4 saturated carbocycles. The van der Waals surface area contributed by atoms with Gasteiger partial charge in [0.2, 0.25) is 0 Å². The highest BCUT2D eigenvalue weighted by Gasteiger charge is 2.73. The van der Waals surface area contributed by atoms with E-state index in [2.05, 4.69) is 13.8 Å². The second kappa shape index (κ2) is 3.62. The first-order chi connectivity index (χ1) is 9.28. The number of hydrogen-bond donors (Lipinski definition) is 0. The average Bonchev–Trinajstić information content (AvgIpc) is 2.65. The van der Waals surface area contributed by atoms with E-state index in [4.69, 9.17) is 4.74 Å². The number of carbonyl (C=O) groups excluding carboxylic acids is 1. The first-order valence-corrected chi connectivity index (χ1v) is 8.51. The van der Waals surface area contributed by atoms with Crippen LogP contribution in [0.2, 0.25) is 0 Å². The fraction of sp³-hybridized carbons (Fsp3) is 0.944. The zero-order valence-electron chi connectivity index (χ0n) is 13.4. The van der Waals surface area contributed by atoms with E-state index < -0.39 is 0 Å². The zero-order valence-corrected chi connectivity index (χ0v) is 13.4. The molecule has 20 heavy (non-hydrogen) atoms. The molecular formula is C18H28O2. The summed E-state index contributed by atoms with van der Waals surface area (Å²) in [5, 5.41) is 0. The molecule has 1 spiro atoms. The van der Waals surface area contributed by atoms with Gasteiger partial charge >= 0.3 is 5.97 Å². The largest absolute Gasteiger partial charge is 0.459 e. The molecule has 0 radical (unpaired) electrons. The minimum Gasteiger partial charge on any atom is -0.459 e. The van der Waals surface area contributed by atoms with Gasteiger partial charge in [0, 0.05) is 5.41 Å². The summed E-state index contributed by atoms with van der Waals surface area (Å²) < 4.78 is 6.01. The number of fused-ring (bicyclic) bond motifs is 2. The van der Waals surface area contributed by atoms with Crippen LogP contribution in [-0.2, 0) is 9.53 Å². The normalized spacial score (nSPS) is 48.4. The van der Waals surface area contributed by atoms with Gasteiger partial charge in [0.15, 0.2) is 0 Å². The van der Waals surface area contributed by atoms with Gasteiger partial charge in [0.1, 0.15) is 5.60 Å². The van der Waals surface area contributed by atoms with E-state index >= 15 is 0 Å². The van der Waals surface area contributed by atoms with Crippen molar-refractivity contribution < 1.29 is 9.53 Å². The Morgan fingerprint density at radius 1 is 1.15 bits per heavy atom. The van der Waals surface area contributed by atoms with E-state index in [1.54, 1.807) is 0 Å². The Bertz CT molecular complexity index is 462. The summed E-state index contributed by atoms with van der Waals surface area (Å²) >= 11 is 0. The lowest BCUT2D eigenvalue weighted by Gasteiger charge is -2.51. The second-order valence-corrected chi connectivity index (χ2v) is 9.12. The number of esters is 1. The summed E-state index contributed by atoms with van der Waals surface area (Å²) in [6.07, 6.45) is 8.37. The van der Waals surface area contributed by atoms with Crippen molar-refractivity contribution in [2.75, 3.05) is 0 Å². The highest BCUT2D eigenvalue weighted by molar-refractivity contribution is 5.72. The maximum atomic E-state index is 12.1. The Labute approximate surface area is 122 Å². The molecule has 3 bridgehead atoms. The Balaban J connectivity index is 1.63. The van der Waals surface area contributed by atoms with E-state index in [-0.39, 0.29) is 22.9 Å². The van der Waals surface area contributed by atoms with E-state index in [1.165, 1.54) is 38.5 Å². The van der Waals surface area contributed by atoms with Gasteiger partial charge in [-0.15, -0.1) is 0 Å². The molecule has 0 aromatic carbocycles. The predicted molar refractivity (Wildman–Crippen MR) is 78.0 cm³/mol. The number of ether oxygens (including phenoxy) is 1. The highest BCUT2D eigenvalue weighted by atomic mass is 16.6. The molecule has 0 N–H and O–H groups in total. The summed E-state index contributed by atoms with van der Waals surface area (Å²) in [5.41, 5.74) is 0.660. The topological polar surface area (TPSA) is 26.3 Å². The van der Waals surface area contributed by atoms with E-state index in [1.807, 2.05) is 13.8 Å². The maximum Gasteiger partial charge on any atom is 0.308 e. The average molecular weight is 276 g/mol. The SMILES string of the molecule is CC(C)C(=O)OC(C)(C)C12CC3CC4CC(C1)C4(C3)C2. The fourth-order valence-electron chi connectivity index (χ4n) is 6.54. The first-order valence-electron chi connectivity index (χ1n) is 8.51. The zero-order chi connectivity index (χ0) is 14.3. The molecule has 2 heteroatoms. The molecule has 5 unspecified atom stereocenters. The van der Waals surface area contributed by atoms with Crippen molar-refractivity contribution >= 4 is 5.97 Å². The summed E-state index contributed by atoms with van der Waals surface area (Å²) in [6.45, 7) is 8.25. The molecule has 0 aliphatic heterocycles. The molecule has 4 aliphatic rings. The molecule has 5 atom stereocenters. The van der Waals surface area contributed by atoms with Crippen molar-refractivity contribution in [1.29, 1.82) is 0 Å². The number of rotatable bonds is 3. The lowest BCUT2D eigenvalue weighted by molar-refractivity contribution is -0.179. The van der Waals surface area contributed by atoms with Crippen molar-refractivity contribution in [3.05, 3.63) is 0 Å². The van der Waals surface area contributed by atoms with Gasteiger partial charge in [-0.1, -0.05) is 13.8 Å². The van der Waals surface area contributed by atoms with E-state index in [9.17, 15) is 4.79 Å². The van der Waals surface area contributed by atoms with Crippen LogP contribution in [0, 0.1) is 34.5 Å². The van der Waals surface area contributed by atoms with Crippen molar-refractivity contribution in [2.24, 2.45) is 34.5 Å². The molecule has 0 aromatic heterocycles. The van der Waals surface area contributed by atoms with Crippen molar-refractivity contribution in [1.82, 2.24) is 0 Å². The fourth-order valence-corrected chi connectivity index (χ4v) is 6.54. The first kappa shape index (κ1) is 13.2. The third-order valence-corrected chi connectivity index (χ3v) is 7.57. The second-order valence-electron chi connectivity index (χ2n) is 9.12. The third-order valence-electron chi connectivity index (χ3n) is 7.57. The Morgan fingerprint density at radius 2 is 1.90 bits per heavy atom. The van der Waals surface area contributed by atoms with Gasteiger partial charge in [0.25, 0.3) is 0 Å². The van der Waals surface area contributed by atoms with Crippen molar-refractivity contribution in [2.45, 2.75) is 71.8 Å². The molecule has 0 amide bonds. The summed E-state index contributed by atoms with van der Waals surface area (Å²) in [5.74, 6) is 2.83.